The summed E-state index contributed by atoms with van der Waals surface area (Å²) in [5.41, 5.74) is 10.8. The largest absolute Gasteiger partial charge is 0.481 e. The molecular weight excluding hydrogens is 470 g/mol. The molecule has 35 heavy (non-hydrogen) atoms. The maximum absolute atomic E-state index is 12.8. The van der Waals surface area contributed by atoms with Crippen molar-refractivity contribution in [3.8, 4) is 0 Å². The molecule has 0 saturated carbocycles. The van der Waals surface area contributed by atoms with Crippen molar-refractivity contribution in [1.82, 2.24) is 16.0 Å². The van der Waals surface area contributed by atoms with Gasteiger partial charge in [0.15, 0.2) is 0 Å². The molecule has 0 aliphatic rings. The molecule has 0 fully saturated rings. The average Bonchev–Trinajstić information content (AvgIpc) is 2.76. The molecule has 0 saturated heterocycles. The number of hydrogen-bond donors (Lipinski definition) is 8. The first-order chi connectivity index (χ1) is 16.2. The molecule has 0 aromatic rings. The van der Waals surface area contributed by atoms with Gasteiger partial charge < -0.3 is 42.7 Å². The maximum atomic E-state index is 12.8. The van der Waals surface area contributed by atoms with Crippen LogP contribution >= 0.6 is 0 Å². The van der Waals surface area contributed by atoms with Gasteiger partial charge in [0.25, 0.3) is 0 Å². The van der Waals surface area contributed by atoms with E-state index in [2.05, 4.69) is 10.6 Å². The minimum absolute atomic E-state index is 0.259. The normalized spacial score (nSPS) is 14.9. The van der Waals surface area contributed by atoms with Crippen LogP contribution in [-0.4, -0.2) is 81.0 Å². The molecule has 15 heteroatoms. The van der Waals surface area contributed by atoms with Crippen LogP contribution in [0.4, 0.5) is 0 Å². The monoisotopic (exact) mass is 503 g/mol. The Balaban J connectivity index is 5.69. The Morgan fingerprint density at radius 3 is 1.49 bits per heavy atom. The average molecular weight is 504 g/mol. The van der Waals surface area contributed by atoms with E-state index >= 15 is 0 Å². The third-order valence-electron chi connectivity index (χ3n) is 5.14. The lowest BCUT2D eigenvalue weighted by Crippen LogP contribution is -2.58. The van der Waals surface area contributed by atoms with Crippen molar-refractivity contribution in [1.29, 1.82) is 0 Å². The minimum Gasteiger partial charge on any atom is -0.481 e. The molecule has 0 spiro atoms. The number of rotatable bonds is 17. The van der Waals surface area contributed by atoms with Gasteiger partial charge in [-0.25, -0.2) is 4.79 Å². The summed E-state index contributed by atoms with van der Waals surface area (Å²) in [4.78, 5) is 82.2. The van der Waals surface area contributed by atoms with E-state index in [1.165, 1.54) is 0 Å². The molecule has 5 unspecified atom stereocenters. The molecule has 0 aliphatic carbocycles. The van der Waals surface area contributed by atoms with Gasteiger partial charge in [-0.1, -0.05) is 20.3 Å². The Labute approximate surface area is 201 Å². The molecule has 0 aromatic carbocycles. The van der Waals surface area contributed by atoms with Crippen molar-refractivity contribution in [2.75, 3.05) is 0 Å². The number of carbonyl (C=O) groups is 7. The number of primary amides is 1. The number of carboxylic acid groups (broad SMARTS) is 3. The highest BCUT2D eigenvalue weighted by atomic mass is 16.4. The highest BCUT2D eigenvalue weighted by Crippen LogP contribution is 2.08. The Kier molecular flexibility index (Phi) is 13.6. The van der Waals surface area contributed by atoms with Gasteiger partial charge in [-0.2, -0.15) is 0 Å². The molecule has 4 amide bonds. The zero-order chi connectivity index (χ0) is 27.3. The molecule has 0 rings (SSSR count). The van der Waals surface area contributed by atoms with Gasteiger partial charge in [0.1, 0.15) is 18.1 Å². The van der Waals surface area contributed by atoms with E-state index in [1.807, 2.05) is 5.32 Å². The van der Waals surface area contributed by atoms with Gasteiger partial charge in [-0.15, -0.1) is 0 Å². The van der Waals surface area contributed by atoms with E-state index in [4.69, 9.17) is 26.8 Å². The molecule has 198 valence electrons. The first kappa shape index (κ1) is 31.2. The van der Waals surface area contributed by atoms with Crippen molar-refractivity contribution in [2.45, 2.75) is 76.5 Å². The summed E-state index contributed by atoms with van der Waals surface area (Å²) in [6, 6.07) is -5.76. The number of hydrogen-bond acceptors (Lipinski definition) is 8. The maximum Gasteiger partial charge on any atom is 0.326 e. The standard InChI is InChI=1S/C20H33N5O10/c1-3-9(2)16(22)19(33)24-11(5-7-15(29)30)17(31)23-10(4-6-14(27)28)18(32)25-12(20(34)35)8-13(21)26/h9-12,16H,3-8,22H2,1-2H3,(H2,21,26)(H,23,31)(H,24,33)(H,25,32)(H,27,28)(H,29,30)(H,34,35). The second kappa shape index (κ2) is 15.2. The predicted octanol–water partition coefficient (Wildman–Crippen LogP) is -2.50. The zero-order valence-electron chi connectivity index (χ0n) is 19.5. The van der Waals surface area contributed by atoms with Crippen molar-refractivity contribution in [3.05, 3.63) is 0 Å². The van der Waals surface area contributed by atoms with E-state index in [0.29, 0.717) is 6.42 Å². The molecule has 0 bridgehead atoms. The number of amides is 4. The first-order valence-electron chi connectivity index (χ1n) is 10.8. The molecule has 15 nitrogen and oxygen atoms in total. The van der Waals surface area contributed by atoms with Crippen molar-refractivity contribution < 1.29 is 48.9 Å². The smallest absolute Gasteiger partial charge is 0.326 e. The highest BCUT2D eigenvalue weighted by Gasteiger charge is 2.32. The van der Waals surface area contributed by atoms with Gasteiger partial charge in [-0.3, -0.25) is 28.8 Å². The van der Waals surface area contributed by atoms with E-state index in [9.17, 15) is 33.6 Å². The topological polar surface area (TPSA) is 268 Å². The molecule has 5 atom stereocenters. The van der Waals surface area contributed by atoms with E-state index in [-0.39, 0.29) is 12.3 Å². The summed E-state index contributed by atoms with van der Waals surface area (Å²) in [5, 5.41) is 33.6. The Morgan fingerprint density at radius 1 is 0.743 bits per heavy atom. The molecule has 0 aliphatic heterocycles. The first-order valence-corrected chi connectivity index (χ1v) is 10.8. The summed E-state index contributed by atoms with van der Waals surface area (Å²) in [6.07, 6.45) is -2.17. The highest BCUT2D eigenvalue weighted by molar-refractivity contribution is 5.95. The fourth-order valence-electron chi connectivity index (χ4n) is 2.80. The third kappa shape index (κ3) is 12.3. The fraction of sp³-hybridized carbons (Fsp3) is 0.650. The van der Waals surface area contributed by atoms with Crippen LogP contribution in [0.3, 0.4) is 0 Å². The summed E-state index contributed by atoms with van der Waals surface area (Å²) < 4.78 is 0. The SMILES string of the molecule is CCC(C)C(N)C(=O)NC(CCC(=O)O)C(=O)NC(CCC(=O)O)C(=O)NC(CC(N)=O)C(=O)O. The second-order valence-corrected chi connectivity index (χ2v) is 7.97. The number of nitrogens with two attached hydrogens (primary N) is 2. The van der Waals surface area contributed by atoms with Crippen LogP contribution in [-0.2, 0) is 33.6 Å². The summed E-state index contributed by atoms with van der Waals surface area (Å²) >= 11 is 0. The van der Waals surface area contributed by atoms with Gasteiger partial charge in [0.05, 0.1) is 12.5 Å². The van der Waals surface area contributed by atoms with Crippen molar-refractivity contribution >= 4 is 41.5 Å². The van der Waals surface area contributed by atoms with Crippen LogP contribution < -0.4 is 27.4 Å². The number of carboxylic acids is 3. The molecular formula is C20H33N5O10. The minimum atomic E-state index is -1.74. The Morgan fingerprint density at radius 2 is 1.14 bits per heavy atom. The van der Waals surface area contributed by atoms with Gasteiger partial charge in [0, 0.05) is 12.8 Å². The third-order valence-corrected chi connectivity index (χ3v) is 5.14. The van der Waals surface area contributed by atoms with Crippen LogP contribution in [0.1, 0.15) is 52.4 Å². The van der Waals surface area contributed by atoms with Crippen molar-refractivity contribution in [3.63, 3.8) is 0 Å². The van der Waals surface area contributed by atoms with E-state index < -0.39 is 91.4 Å². The fourth-order valence-corrected chi connectivity index (χ4v) is 2.80. The Bertz CT molecular complexity index is 818. The second-order valence-electron chi connectivity index (χ2n) is 7.97. The van der Waals surface area contributed by atoms with Crippen molar-refractivity contribution in [2.24, 2.45) is 17.4 Å². The van der Waals surface area contributed by atoms with Crippen LogP contribution in [0.15, 0.2) is 0 Å². The van der Waals surface area contributed by atoms with Crippen LogP contribution in [0.2, 0.25) is 0 Å². The summed E-state index contributed by atoms with van der Waals surface area (Å²) in [5.74, 6) is -8.33. The predicted molar refractivity (Wildman–Crippen MR) is 118 cm³/mol. The molecule has 0 heterocycles. The lowest BCUT2D eigenvalue weighted by molar-refractivity contribution is -0.144. The van der Waals surface area contributed by atoms with Gasteiger partial charge >= 0.3 is 17.9 Å². The Hall–Kier alpha value is -3.75. The summed E-state index contributed by atoms with van der Waals surface area (Å²) in [7, 11) is 0. The van der Waals surface area contributed by atoms with Gasteiger partial charge in [-0.05, 0) is 18.8 Å². The summed E-state index contributed by atoms with van der Waals surface area (Å²) in [6.45, 7) is 3.49. The van der Waals surface area contributed by atoms with Crippen LogP contribution in [0.25, 0.3) is 0 Å². The molecule has 0 radical (unpaired) electrons. The van der Waals surface area contributed by atoms with Crippen LogP contribution in [0, 0.1) is 5.92 Å². The molecule has 10 N–H and O–H groups in total. The number of aliphatic carboxylic acids is 3. The lowest BCUT2D eigenvalue weighted by atomic mass is 9.98. The quantitative estimate of drug-likeness (QED) is 0.103. The number of carbonyl (C=O) groups excluding carboxylic acids is 4. The number of nitrogens with one attached hydrogen (secondary N) is 3. The van der Waals surface area contributed by atoms with Crippen LogP contribution in [0.5, 0.6) is 0 Å². The van der Waals surface area contributed by atoms with E-state index in [0.717, 1.165) is 0 Å². The van der Waals surface area contributed by atoms with E-state index in [1.54, 1.807) is 13.8 Å². The molecule has 0 aromatic heterocycles. The van der Waals surface area contributed by atoms with Gasteiger partial charge in [0.2, 0.25) is 23.6 Å². The lowest BCUT2D eigenvalue weighted by Gasteiger charge is -2.25. The zero-order valence-corrected chi connectivity index (χ0v) is 19.5.